The van der Waals surface area contributed by atoms with Gasteiger partial charge in [0, 0.05) is 11.8 Å². The summed E-state index contributed by atoms with van der Waals surface area (Å²) in [7, 11) is 1.65. The van der Waals surface area contributed by atoms with E-state index in [0.29, 0.717) is 19.0 Å². The van der Waals surface area contributed by atoms with Crippen LogP contribution >= 0.6 is 0 Å². The summed E-state index contributed by atoms with van der Waals surface area (Å²) in [6.07, 6.45) is 0. The summed E-state index contributed by atoms with van der Waals surface area (Å²) < 4.78 is 10.9. The fourth-order valence-corrected chi connectivity index (χ4v) is 2.71. The second-order valence-corrected chi connectivity index (χ2v) is 6.56. The molecule has 146 valence electrons. The molecule has 0 aliphatic rings. The Morgan fingerprint density at radius 2 is 1.54 bits per heavy atom. The van der Waals surface area contributed by atoms with Crippen LogP contribution < -0.4 is 20.1 Å². The first-order chi connectivity index (χ1) is 13.5. The Morgan fingerprint density at radius 3 is 2.25 bits per heavy atom. The topological polar surface area (TPSA) is 68.3 Å². The Labute approximate surface area is 166 Å². The van der Waals surface area contributed by atoms with Gasteiger partial charge in [-0.25, -0.2) is 9.97 Å². The van der Waals surface area contributed by atoms with Gasteiger partial charge in [-0.15, -0.1) is 0 Å². The van der Waals surface area contributed by atoms with Gasteiger partial charge in [0.05, 0.1) is 13.7 Å². The number of benzene rings is 2. The highest BCUT2D eigenvalue weighted by Gasteiger charge is 2.04. The van der Waals surface area contributed by atoms with E-state index in [1.807, 2.05) is 37.3 Å². The molecule has 0 unspecified atom stereocenters. The minimum atomic E-state index is 0.523. The molecule has 3 aromatic rings. The summed E-state index contributed by atoms with van der Waals surface area (Å²) in [6.45, 7) is 7.23. The minimum Gasteiger partial charge on any atom is -0.497 e. The molecule has 28 heavy (non-hydrogen) atoms. The summed E-state index contributed by atoms with van der Waals surface area (Å²) >= 11 is 0. The zero-order chi connectivity index (χ0) is 19.9. The highest BCUT2D eigenvalue weighted by Crippen LogP contribution is 2.20. The van der Waals surface area contributed by atoms with Crippen molar-refractivity contribution in [1.82, 2.24) is 9.97 Å². The van der Waals surface area contributed by atoms with Crippen LogP contribution in [0.5, 0.6) is 11.5 Å². The lowest BCUT2D eigenvalue weighted by Gasteiger charge is -2.12. The predicted molar refractivity (Wildman–Crippen MR) is 113 cm³/mol. The van der Waals surface area contributed by atoms with Crippen LogP contribution in [0.3, 0.4) is 0 Å². The zero-order valence-electron chi connectivity index (χ0n) is 16.7. The van der Waals surface area contributed by atoms with Crippen molar-refractivity contribution in [2.24, 2.45) is 0 Å². The highest BCUT2D eigenvalue weighted by atomic mass is 16.5. The number of aromatic nitrogens is 2. The molecule has 0 saturated heterocycles. The lowest BCUT2D eigenvalue weighted by atomic mass is 10.1. The molecule has 0 radical (unpaired) electrons. The molecule has 1 aromatic heterocycles. The SMILES string of the molecule is COc1ccc(OCCNc2cc(Nc3ccc(C)c(C)c3)nc(C)n2)cc1. The maximum Gasteiger partial charge on any atom is 0.136 e. The summed E-state index contributed by atoms with van der Waals surface area (Å²) in [5.41, 5.74) is 3.52. The van der Waals surface area contributed by atoms with Gasteiger partial charge in [0.1, 0.15) is 35.6 Å². The fraction of sp³-hybridized carbons (Fsp3) is 0.273. The average molecular weight is 378 g/mol. The third-order valence-corrected chi connectivity index (χ3v) is 4.35. The van der Waals surface area contributed by atoms with E-state index < -0.39 is 0 Å². The molecule has 0 fully saturated rings. The van der Waals surface area contributed by atoms with Gasteiger partial charge < -0.3 is 20.1 Å². The van der Waals surface area contributed by atoms with E-state index in [1.165, 1.54) is 11.1 Å². The number of nitrogens with zero attached hydrogens (tertiary/aromatic N) is 2. The lowest BCUT2D eigenvalue weighted by Crippen LogP contribution is -2.13. The zero-order valence-corrected chi connectivity index (χ0v) is 16.7. The maximum absolute atomic E-state index is 5.73. The van der Waals surface area contributed by atoms with Gasteiger partial charge in [-0.1, -0.05) is 6.07 Å². The first-order valence-electron chi connectivity index (χ1n) is 9.24. The van der Waals surface area contributed by atoms with E-state index in [0.717, 1.165) is 28.8 Å². The first-order valence-corrected chi connectivity index (χ1v) is 9.24. The molecule has 3 rings (SSSR count). The normalized spacial score (nSPS) is 10.4. The smallest absolute Gasteiger partial charge is 0.136 e. The highest BCUT2D eigenvalue weighted by molar-refractivity contribution is 5.60. The summed E-state index contributed by atoms with van der Waals surface area (Å²) in [6, 6.07) is 15.7. The molecule has 0 aliphatic heterocycles. The minimum absolute atomic E-state index is 0.523. The number of ether oxygens (including phenoxy) is 2. The van der Waals surface area contributed by atoms with Gasteiger partial charge >= 0.3 is 0 Å². The summed E-state index contributed by atoms with van der Waals surface area (Å²) in [5, 5.41) is 6.63. The largest absolute Gasteiger partial charge is 0.497 e. The molecule has 0 bridgehead atoms. The van der Waals surface area contributed by atoms with Crippen LogP contribution in [-0.2, 0) is 0 Å². The number of rotatable bonds is 8. The molecule has 0 spiro atoms. The summed E-state index contributed by atoms with van der Waals surface area (Å²) in [4.78, 5) is 8.91. The van der Waals surface area contributed by atoms with Gasteiger partial charge in [-0.2, -0.15) is 0 Å². The van der Waals surface area contributed by atoms with Crippen LogP contribution in [0.4, 0.5) is 17.3 Å². The standard InChI is InChI=1S/C22H26N4O2/c1-15-5-6-18(13-16(15)2)26-22-14-21(24-17(3)25-22)23-11-12-28-20-9-7-19(27-4)8-10-20/h5-10,13-14H,11-12H2,1-4H3,(H2,23,24,25,26). The van der Waals surface area contributed by atoms with Gasteiger partial charge in [-0.3, -0.25) is 0 Å². The van der Waals surface area contributed by atoms with Crippen molar-refractivity contribution < 1.29 is 9.47 Å². The molecule has 2 N–H and O–H groups in total. The molecule has 0 atom stereocenters. The quantitative estimate of drug-likeness (QED) is 0.556. The van der Waals surface area contributed by atoms with Crippen molar-refractivity contribution in [1.29, 1.82) is 0 Å². The van der Waals surface area contributed by atoms with Crippen molar-refractivity contribution in [2.45, 2.75) is 20.8 Å². The number of anilines is 3. The average Bonchev–Trinajstić information content (AvgIpc) is 2.68. The molecular formula is C22H26N4O2. The number of nitrogens with one attached hydrogen (secondary N) is 2. The van der Waals surface area contributed by atoms with Crippen molar-refractivity contribution in [3.05, 3.63) is 65.5 Å². The molecule has 6 nitrogen and oxygen atoms in total. The van der Waals surface area contributed by atoms with E-state index >= 15 is 0 Å². The van der Waals surface area contributed by atoms with Gasteiger partial charge in [0.15, 0.2) is 0 Å². The molecule has 0 saturated carbocycles. The monoisotopic (exact) mass is 378 g/mol. The van der Waals surface area contributed by atoms with Gasteiger partial charge in [0.2, 0.25) is 0 Å². The van der Waals surface area contributed by atoms with Crippen LogP contribution in [0.15, 0.2) is 48.5 Å². The van der Waals surface area contributed by atoms with Crippen molar-refractivity contribution in [3.8, 4) is 11.5 Å². The van der Waals surface area contributed by atoms with E-state index in [1.54, 1.807) is 7.11 Å². The van der Waals surface area contributed by atoms with E-state index in [-0.39, 0.29) is 0 Å². The fourth-order valence-electron chi connectivity index (χ4n) is 2.71. The Bertz CT molecular complexity index is 926. The number of methoxy groups -OCH3 is 1. The van der Waals surface area contributed by atoms with Crippen molar-refractivity contribution in [3.63, 3.8) is 0 Å². The Morgan fingerprint density at radius 1 is 0.821 bits per heavy atom. The molecule has 6 heteroatoms. The number of aryl methyl sites for hydroxylation is 3. The predicted octanol–water partition coefficient (Wildman–Crippen LogP) is 4.64. The summed E-state index contributed by atoms with van der Waals surface area (Å²) in [5.74, 6) is 3.84. The van der Waals surface area contributed by atoms with Crippen LogP contribution in [0, 0.1) is 20.8 Å². The molecule has 2 aromatic carbocycles. The van der Waals surface area contributed by atoms with Crippen molar-refractivity contribution in [2.75, 3.05) is 30.9 Å². The molecular weight excluding hydrogens is 352 g/mol. The van der Waals surface area contributed by atoms with Crippen LogP contribution in [0.1, 0.15) is 17.0 Å². The first kappa shape index (κ1) is 19.5. The molecule has 1 heterocycles. The third kappa shape index (κ3) is 5.36. The second kappa shape index (κ2) is 9.08. The Balaban J connectivity index is 1.55. The van der Waals surface area contributed by atoms with Gasteiger partial charge in [-0.05, 0) is 68.3 Å². The Hall–Kier alpha value is -3.28. The molecule has 0 aliphatic carbocycles. The van der Waals surface area contributed by atoms with Crippen LogP contribution in [-0.4, -0.2) is 30.2 Å². The van der Waals surface area contributed by atoms with E-state index in [2.05, 4.69) is 52.6 Å². The second-order valence-electron chi connectivity index (χ2n) is 6.56. The van der Waals surface area contributed by atoms with Crippen LogP contribution in [0.25, 0.3) is 0 Å². The van der Waals surface area contributed by atoms with E-state index in [4.69, 9.17) is 9.47 Å². The maximum atomic E-state index is 5.73. The Kier molecular flexibility index (Phi) is 6.32. The van der Waals surface area contributed by atoms with E-state index in [9.17, 15) is 0 Å². The van der Waals surface area contributed by atoms with Gasteiger partial charge in [0.25, 0.3) is 0 Å². The molecule has 0 amide bonds. The number of hydrogen-bond donors (Lipinski definition) is 2. The number of hydrogen-bond acceptors (Lipinski definition) is 6. The lowest BCUT2D eigenvalue weighted by molar-refractivity contribution is 0.331. The third-order valence-electron chi connectivity index (χ3n) is 4.35. The van der Waals surface area contributed by atoms with Crippen LogP contribution in [0.2, 0.25) is 0 Å². The van der Waals surface area contributed by atoms with Crippen molar-refractivity contribution >= 4 is 17.3 Å².